The van der Waals surface area contributed by atoms with Crippen LogP contribution >= 0.6 is 0 Å². The summed E-state index contributed by atoms with van der Waals surface area (Å²) in [6.07, 6.45) is 0.977. The monoisotopic (exact) mass is 308 g/mol. The summed E-state index contributed by atoms with van der Waals surface area (Å²) in [6, 6.07) is -0.681. The number of nitrogens with zero attached hydrogens (tertiary/aromatic N) is 1. The van der Waals surface area contributed by atoms with E-state index in [0.717, 1.165) is 6.42 Å². The van der Waals surface area contributed by atoms with E-state index in [9.17, 15) is 26.7 Å². The first-order chi connectivity index (χ1) is 9.90. The summed E-state index contributed by atoms with van der Waals surface area (Å²) in [5, 5.41) is 2.86. The van der Waals surface area contributed by atoms with Crippen molar-refractivity contribution < 1.29 is 26.7 Å². The number of amides is 1. The highest BCUT2D eigenvalue weighted by Gasteiger charge is 2.38. The zero-order chi connectivity index (χ0) is 15.7. The van der Waals surface area contributed by atoms with Crippen LogP contribution < -0.4 is 10.2 Å². The Morgan fingerprint density at radius 2 is 1.57 bits per heavy atom. The fourth-order valence-electron chi connectivity index (χ4n) is 2.24. The number of nitrogens with one attached hydrogen (secondary N) is 1. The minimum atomic E-state index is -2.24. The van der Waals surface area contributed by atoms with Gasteiger partial charge in [-0.2, -0.15) is 0 Å². The summed E-state index contributed by atoms with van der Waals surface area (Å²) in [5.74, 6) is -11.0. The van der Waals surface area contributed by atoms with Crippen LogP contribution in [0.5, 0.6) is 0 Å². The molecule has 3 nitrogen and oxygen atoms in total. The highest BCUT2D eigenvalue weighted by Crippen LogP contribution is 2.32. The highest BCUT2D eigenvalue weighted by molar-refractivity contribution is 5.99. The van der Waals surface area contributed by atoms with Crippen LogP contribution in [0.4, 0.5) is 27.6 Å². The van der Waals surface area contributed by atoms with Crippen molar-refractivity contribution in [2.24, 2.45) is 0 Å². The number of hydrogen-bond acceptors (Lipinski definition) is 2. The number of rotatable bonds is 4. The molecule has 0 saturated carbocycles. The lowest BCUT2D eigenvalue weighted by Crippen LogP contribution is -2.39. The van der Waals surface area contributed by atoms with Crippen LogP contribution in [0.1, 0.15) is 19.8 Å². The largest absolute Gasteiger partial charge is 0.306 e. The molecule has 0 aromatic heterocycles. The third-order valence-electron chi connectivity index (χ3n) is 3.30. The van der Waals surface area contributed by atoms with E-state index in [-0.39, 0.29) is 13.0 Å². The van der Waals surface area contributed by atoms with Crippen LogP contribution in [-0.4, -0.2) is 25.0 Å². The van der Waals surface area contributed by atoms with Crippen LogP contribution in [0, 0.1) is 29.1 Å². The van der Waals surface area contributed by atoms with E-state index in [1.807, 2.05) is 6.92 Å². The third-order valence-corrected chi connectivity index (χ3v) is 3.30. The highest BCUT2D eigenvalue weighted by atomic mass is 19.2. The normalized spacial score (nSPS) is 18.7. The molecule has 1 amide bonds. The van der Waals surface area contributed by atoms with Crippen LogP contribution in [0.25, 0.3) is 0 Å². The Bertz CT molecular complexity index is 549. The van der Waals surface area contributed by atoms with Crippen LogP contribution in [0.3, 0.4) is 0 Å². The standard InChI is InChI=1S/C13H13F5N2O/c1-2-4-19-6-3-5-20(13(6)21)12-10(17)8(15)7(14)9(16)11(12)18/h6,19H,2-5H2,1H3. The van der Waals surface area contributed by atoms with E-state index >= 15 is 0 Å². The van der Waals surface area contributed by atoms with Gasteiger partial charge in [-0.3, -0.25) is 4.79 Å². The maximum absolute atomic E-state index is 13.7. The Hall–Kier alpha value is -1.70. The van der Waals surface area contributed by atoms with Crippen LogP contribution in [0.2, 0.25) is 0 Å². The summed E-state index contributed by atoms with van der Waals surface area (Å²) < 4.78 is 66.7. The molecular weight excluding hydrogens is 295 g/mol. The van der Waals surface area contributed by atoms with E-state index in [0.29, 0.717) is 11.4 Å². The molecule has 1 atom stereocenters. The molecule has 0 bridgehead atoms. The molecule has 1 aromatic carbocycles. The molecule has 1 aliphatic rings. The van der Waals surface area contributed by atoms with Crippen molar-refractivity contribution >= 4 is 11.6 Å². The van der Waals surface area contributed by atoms with E-state index < -0.39 is 46.7 Å². The first-order valence-electron chi connectivity index (χ1n) is 6.46. The van der Waals surface area contributed by atoms with E-state index in [1.54, 1.807) is 0 Å². The molecule has 21 heavy (non-hydrogen) atoms. The lowest BCUT2D eigenvalue weighted by atomic mass is 10.2. The average Bonchev–Trinajstić information content (AvgIpc) is 2.82. The smallest absolute Gasteiger partial charge is 0.244 e. The molecule has 0 radical (unpaired) electrons. The molecule has 1 unspecified atom stereocenters. The summed E-state index contributed by atoms with van der Waals surface area (Å²) in [6.45, 7) is 2.27. The fraction of sp³-hybridized carbons (Fsp3) is 0.462. The van der Waals surface area contributed by atoms with Crippen molar-refractivity contribution in [2.45, 2.75) is 25.8 Å². The maximum Gasteiger partial charge on any atom is 0.244 e. The molecule has 1 N–H and O–H groups in total. The molecular formula is C13H13F5N2O. The molecule has 1 aromatic rings. The van der Waals surface area contributed by atoms with Gasteiger partial charge in [-0.1, -0.05) is 6.92 Å². The Morgan fingerprint density at radius 1 is 1.05 bits per heavy atom. The number of hydrogen-bond donors (Lipinski definition) is 1. The minimum Gasteiger partial charge on any atom is -0.306 e. The Balaban J connectivity index is 2.38. The van der Waals surface area contributed by atoms with Crippen molar-refractivity contribution in [3.63, 3.8) is 0 Å². The zero-order valence-corrected chi connectivity index (χ0v) is 11.2. The number of anilines is 1. The second-order valence-electron chi connectivity index (χ2n) is 4.70. The van der Waals surface area contributed by atoms with Crippen molar-refractivity contribution in [3.8, 4) is 0 Å². The second-order valence-corrected chi connectivity index (χ2v) is 4.70. The van der Waals surface area contributed by atoms with Gasteiger partial charge in [-0.05, 0) is 19.4 Å². The molecule has 116 valence electrons. The van der Waals surface area contributed by atoms with E-state index in [1.165, 1.54) is 0 Å². The second kappa shape index (κ2) is 5.97. The lowest BCUT2D eigenvalue weighted by molar-refractivity contribution is -0.118. The zero-order valence-electron chi connectivity index (χ0n) is 11.2. The fourth-order valence-corrected chi connectivity index (χ4v) is 2.24. The molecule has 0 aliphatic carbocycles. The summed E-state index contributed by atoms with van der Waals surface area (Å²) in [4.78, 5) is 12.6. The van der Waals surface area contributed by atoms with Crippen molar-refractivity contribution in [3.05, 3.63) is 29.1 Å². The van der Waals surface area contributed by atoms with Gasteiger partial charge in [0, 0.05) is 6.54 Å². The molecule has 1 heterocycles. The van der Waals surface area contributed by atoms with Gasteiger partial charge in [-0.25, -0.2) is 22.0 Å². The molecule has 8 heteroatoms. The number of benzene rings is 1. The van der Waals surface area contributed by atoms with Crippen LogP contribution in [-0.2, 0) is 4.79 Å². The van der Waals surface area contributed by atoms with Crippen molar-refractivity contribution in [1.82, 2.24) is 5.32 Å². The van der Waals surface area contributed by atoms with E-state index in [2.05, 4.69) is 5.32 Å². The summed E-state index contributed by atoms with van der Waals surface area (Å²) in [5.41, 5.74) is -1.18. The predicted octanol–water partition coefficient (Wildman–Crippen LogP) is 2.49. The molecule has 2 rings (SSSR count). The average molecular weight is 308 g/mol. The third kappa shape index (κ3) is 2.59. The van der Waals surface area contributed by atoms with Gasteiger partial charge >= 0.3 is 0 Å². The lowest BCUT2D eigenvalue weighted by Gasteiger charge is -2.19. The van der Waals surface area contributed by atoms with Gasteiger partial charge in [-0.15, -0.1) is 0 Å². The Morgan fingerprint density at radius 3 is 2.10 bits per heavy atom. The molecule has 1 fully saturated rings. The molecule has 1 aliphatic heterocycles. The van der Waals surface area contributed by atoms with Gasteiger partial charge in [0.25, 0.3) is 0 Å². The first-order valence-corrected chi connectivity index (χ1v) is 6.46. The topological polar surface area (TPSA) is 32.3 Å². The van der Waals surface area contributed by atoms with Gasteiger partial charge in [0.05, 0.1) is 6.04 Å². The van der Waals surface area contributed by atoms with Crippen LogP contribution in [0.15, 0.2) is 0 Å². The van der Waals surface area contributed by atoms with Gasteiger partial charge in [0.1, 0.15) is 5.69 Å². The number of carbonyl (C=O) groups is 1. The number of halogens is 5. The molecule has 0 spiro atoms. The SMILES string of the molecule is CCCNC1CCN(c2c(F)c(F)c(F)c(F)c2F)C1=O. The Labute approximate surface area is 117 Å². The minimum absolute atomic E-state index is 0.113. The van der Waals surface area contributed by atoms with Gasteiger partial charge in [0.15, 0.2) is 23.3 Å². The summed E-state index contributed by atoms with van der Waals surface area (Å²) >= 11 is 0. The van der Waals surface area contributed by atoms with Gasteiger partial charge < -0.3 is 10.2 Å². The number of carbonyl (C=O) groups excluding carboxylic acids is 1. The quantitative estimate of drug-likeness (QED) is 0.526. The van der Waals surface area contributed by atoms with Gasteiger partial charge in [0.2, 0.25) is 11.7 Å². The first kappa shape index (κ1) is 15.7. The molecule has 1 saturated heterocycles. The maximum atomic E-state index is 13.7. The summed E-state index contributed by atoms with van der Waals surface area (Å²) in [7, 11) is 0. The van der Waals surface area contributed by atoms with Crippen molar-refractivity contribution in [1.29, 1.82) is 0 Å². The van der Waals surface area contributed by atoms with E-state index in [4.69, 9.17) is 0 Å². The predicted molar refractivity (Wildman–Crippen MR) is 65.3 cm³/mol. The Kier molecular flexibility index (Phi) is 4.46. The van der Waals surface area contributed by atoms with Crippen molar-refractivity contribution in [2.75, 3.05) is 18.0 Å².